The number of fused-ring (bicyclic) bond motifs is 1. The maximum Gasteiger partial charge on any atom is 0.427 e. The summed E-state index contributed by atoms with van der Waals surface area (Å²) in [5.74, 6) is -1.50. The van der Waals surface area contributed by atoms with E-state index in [2.05, 4.69) is 20.5 Å². The SMILES string of the molecule is Cc1nn(C(F)F)cc1S(=O)(=O)N1c2cc(NC(=O)OC(C)(C)C(F)(F)F)ccc2O[C@@H](CNC(=O)[C@H]2C[C@H]2F)[C@H]1C. The topological polar surface area (TPSA) is 132 Å². The number of hydrogen-bond acceptors (Lipinski definition) is 7. The highest BCUT2D eigenvalue weighted by atomic mass is 32.2. The Kier molecular flexibility index (Phi) is 8.07. The van der Waals surface area contributed by atoms with Gasteiger partial charge in [0, 0.05) is 5.69 Å². The van der Waals surface area contributed by atoms with Gasteiger partial charge in [-0.3, -0.25) is 14.4 Å². The number of anilines is 2. The summed E-state index contributed by atoms with van der Waals surface area (Å²) in [7, 11) is -4.67. The van der Waals surface area contributed by atoms with E-state index in [9.17, 15) is 44.3 Å². The Hall–Kier alpha value is -3.70. The summed E-state index contributed by atoms with van der Waals surface area (Å²) in [6.45, 7) is 0.494. The number of hydrogen-bond donors (Lipinski definition) is 2. The predicted octanol–water partition coefficient (Wildman–Crippen LogP) is 4.30. The minimum Gasteiger partial charge on any atom is -0.484 e. The van der Waals surface area contributed by atoms with Gasteiger partial charge in [-0.25, -0.2) is 22.3 Å². The van der Waals surface area contributed by atoms with Gasteiger partial charge in [-0.15, -0.1) is 0 Å². The number of sulfonamides is 1. The Morgan fingerprint density at radius 2 is 1.88 bits per heavy atom. The second kappa shape index (κ2) is 10.9. The molecule has 2 aromatic rings. The maximum atomic E-state index is 13.9. The molecule has 1 aliphatic heterocycles. The summed E-state index contributed by atoms with van der Waals surface area (Å²) in [5, 5.41) is 8.17. The number of rotatable bonds is 8. The minimum absolute atomic E-state index is 0.0576. The lowest BCUT2D eigenvalue weighted by Crippen LogP contribution is -2.54. The van der Waals surface area contributed by atoms with E-state index in [4.69, 9.17) is 4.74 Å². The summed E-state index contributed by atoms with van der Waals surface area (Å²) in [4.78, 5) is 23.9. The Balaban J connectivity index is 1.69. The summed E-state index contributed by atoms with van der Waals surface area (Å²) in [5.41, 5.74) is -3.48. The first kappa shape index (κ1) is 31.2. The van der Waals surface area contributed by atoms with Crippen molar-refractivity contribution < 1.29 is 53.8 Å². The first-order valence-corrected chi connectivity index (χ1v) is 13.9. The molecule has 2 amide bonds. The van der Waals surface area contributed by atoms with Crippen LogP contribution >= 0.6 is 0 Å². The van der Waals surface area contributed by atoms with Crippen molar-refractivity contribution in [3.05, 3.63) is 30.1 Å². The Labute approximate surface area is 236 Å². The van der Waals surface area contributed by atoms with Crippen LogP contribution in [0, 0.1) is 12.8 Å². The lowest BCUT2D eigenvalue weighted by molar-refractivity contribution is -0.242. The smallest absolute Gasteiger partial charge is 0.427 e. The zero-order chi connectivity index (χ0) is 31.4. The van der Waals surface area contributed by atoms with Crippen LogP contribution in [0.1, 0.15) is 39.4 Å². The first-order valence-electron chi connectivity index (χ1n) is 12.5. The number of nitrogens with one attached hydrogen (secondary N) is 2. The molecule has 4 atom stereocenters. The van der Waals surface area contributed by atoms with Crippen molar-refractivity contribution in [1.82, 2.24) is 15.1 Å². The Morgan fingerprint density at radius 1 is 1.24 bits per heavy atom. The molecule has 232 valence electrons. The summed E-state index contributed by atoms with van der Waals surface area (Å²) >= 11 is 0. The highest BCUT2D eigenvalue weighted by Crippen LogP contribution is 2.42. The summed E-state index contributed by atoms with van der Waals surface area (Å²) < 4.78 is 118. The van der Waals surface area contributed by atoms with E-state index in [0.29, 0.717) is 20.0 Å². The molecule has 42 heavy (non-hydrogen) atoms. The number of benzene rings is 1. The van der Waals surface area contributed by atoms with E-state index >= 15 is 0 Å². The van der Waals surface area contributed by atoms with Crippen molar-refractivity contribution in [2.45, 2.75) is 75.7 Å². The molecule has 0 unspecified atom stereocenters. The minimum atomic E-state index is -4.88. The number of aromatic nitrogens is 2. The quantitative estimate of drug-likeness (QED) is 0.418. The fourth-order valence-corrected chi connectivity index (χ4v) is 6.03. The molecule has 11 nitrogen and oxygen atoms in total. The van der Waals surface area contributed by atoms with E-state index < -0.39 is 69.5 Å². The Morgan fingerprint density at radius 3 is 2.43 bits per heavy atom. The molecule has 1 saturated carbocycles. The molecule has 2 aliphatic rings. The number of amides is 2. The van der Waals surface area contributed by atoms with Gasteiger partial charge < -0.3 is 14.8 Å². The highest BCUT2D eigenvalue weighted by molar-refractivity contribution is 7.93. The second-order valence-corrected chi connectivity index (χ2v) is 12.1. The van der Waals surface area contributed by atoms with Gasteiger partial charge >= 0.3 is 18.8 Å². The van der Waals surface area contributed by atoms with Crippen molar-refractivity contribution >= 4 is 33.4 Å². The maximum absolute atomic E-state index is 13.9. The van der Waals surface area contributed by atoms with E-state index in [0.717, 1.165) is 10.4 Å². The van der Waals surface area contributed by atoms with Crippen molar-refractivity contribution in [3.63, 3.8) is 0 Å². The molecule has 0 spiro atoms. The van der Waals surface area contributed by atoms with Gasteiger partial charge in [0.25, 0.3) is 10.0 Å². The number of alkyl halides is 6. The van der Waals surface area contributed by atoms with Crippen LogP contribution in [0.25, 0.3) is 0 Å². The molecule has 18 heteroatoms. The van der Waals surface area contributed by atoms with Gasteiger partial charge in [0.1, 0.15) is 22.9 Å². The molecule has 1 aromatic carbocycles. The highest BCUT2D eigenvalue weighted by Gasteiger charge is 2.51. The summed E-state index contributed by atoms with van der Waals surface area (Å²) in [6.07, 6.45) is -8.00. The molecule has 1 aromatic heterocycles. The number of aryl methyl sites for hydroxylation is 1. The van der Waals surface area contributed by atoms with Crippen LogP contribution in [0.3, 0.4) is 0 Å². The third-order valence-electron chi connectivity index (χ3n) is 6.79. The number of carbonyl (C=O) groups is 2. The van der Waals surface area contributed by atoms with E-state index in [1.54, 1.807) is 0 Å². The molecule has 0 bridgehead atoms. The molecule has 1 fully saturated rings. The standard InChI is InChI=1S/C24H27F6N5O6S/c1-11-19(10-34(33-11)21(26)27)42(38,39)35-12(2)18(9-31-20(36)14-8-15(14)25)40-17-6-5-13(7-16(17)35)32-22(37)41-23(3,4)24(28,29)30/h5-7,10,12,14-15,18,21H,8-9H2,1-4H3,(H,31,36)(H,32,37)/t12-,14+,15-,18+/m1/s1. The monoisotopic (exact) mass is 627 g/mol. The number of halogens is 6. The Bertz CT molecular complexity index is 1480. The molecule has 4 rings (SSSR count). The second-order valence-electron chi connectivity index (χ2n) is 10.3. The fourth-order valence-electron chi connectivity index (χ4n) is 4.18. The van der Waals surface area contributed by atoms with Gasteiger partial charge in [-0.05, 0) is 52.3 Å². The van der Waals surface area contributed by atoms with Gasteiger partial charge in [0.2, 0.25) is 11.5 Å². The summed E-state index contributed by atoms with van der Waals surface area (Å²) in [6, 6.07) is 2.39. The molecular formula is C24H27F6N5O6S. The van der Waals surface area contributed by atoms with Crippen molar-refractivity contribution in [3.8, 4) is 5.75 Å². The molecule has 2 N–H and O–H groups in total. The van der Waals surface area contributed by atoms with Gasteiger partial charge in [-0.1, -0.05) is 0 Å². The van der Waals surface area contributed by atoms with E-state index in [1.165, 1.54) is 26.0 Å². The zero-order valence-corrected chi connectivity index (χ0v) is 23.4. The number of carbonyl (C=O) groups excluding carboxylic acids is 2. The largest absolute Gasteiger partial charge is 0.484 e. The van der Waals surface area contributed by atoms with Crippen LogP contribution in [0.15, 0.2) is 29.3 Å². The van der Waals surface area contributed by atoms with Crippen LogP contribution in [0.2, 0.25) is 0 Å². The van der Waals surface area contributed by atoms with Crippen molar-refractivity contribution in [2.75, 3.05) is 16.2 Å². The average molecular weight is 628 g/mol. The van der Waals surface area contributed by atoms with Crippen LogP contribution in [0.4, 0.5) is 42.5 Å². The molecular weight excluding hydrogens is 600 g/mol. The normalized spacial score (nSPS) is 22.3. The third-order valence-corrected chi connectivity index (χ3v) is 8.80. The van der Waals surface area contributed by atoms with Gasteiger partial charge in [0.05, 0.1) is 36.1 Å². The van der Waals surface area contributed by atoms with Crippen LogP contribution in [-0.2, 0) is 19.6 Å². The van der Waals surface area contributed by atoms with Crippen molar-refractivity contribution in [2.24, 2.45) is 5.92 Å². The zero-order valence-electron chi connectivity index (χ0n) is 22.6. The van der Waals surface area contributed by atoms with Crippen LogP contribution in [0.5, 0.6) is 5.75 Å². The van der Waals surface area contributed by atoms with Gasteiger partial charge in [-0.2, -0.15) is 27.1 Å². The van der Waals surface area contributed by atoms with E-state index in [-0.39, 0.29) is 40.5 Å². The van der Waals surface area contributed by atoms with Crippen LogP contribution in [-0.4, -0.2) is 66.8 Å². The molecule has 1 aliphatic carbocycles. The van der Waals surface area contributed by atoms with E-state index in [1.807, 2.05) is 0 Å². The van der Waals surface area contributed by atoms with Crippen LogP contribution < -0.4 is 19.7 Å². The average Bonchev–Trinajstić information content (AvgIpc) is 3.45. The predicted molar refractivity (Wildman–Crippen MR) is 134 cm³/mol. The number of nitrogens with zero attached hydrogens (tertiary/aromatic N) is 3. The fraction of sp³-hybridized carbons (Fsp3) is 0.542. The molecule has 0 radical (unpaired) electrons. The lowest BCUT2D eigenvalue weighted by atomic mass is 10.1. The molecule has 2 heterocycles. The third kappa shape index (κ3) is 6.07. The number of ether oxygens (including phenoxy) is 2. The van der Waals surface area contributed by atoms with Gasteiger partial charge in [0.15, 0.2) is 0 Å². The molecule has 0 saturated heterocycles. The lowest BCUT2D eigenvalue weighted by Gasteiger charge is -2.41. The first-order chi connectivity index (χ1) is 19.3. The van der Waals surface area contributed by atoms with Crippen molar-refractivity contribution in [1.29, 1.82) is 0 Å².